The number of imidazole rings is 1. The highest BCUT2D eigenvalue weighted by atomic mass is 16.5. The zero-order valence-electron chi connectivity index (χ0n) is 22.4. The summed E-state index contributed by atoms with van der Waals surface area (Å²) in [6.45, 7) is 6.44. The van der Waals surface area contributed by atoms with Crippen molar-refractivity contribution >= 4 is 28.0 Å². The first-order valence-corrected chi connectivity index (χ1v) is 13.3. The summed E-state index contributed by atoms with van der Waals surface area (Å²) in [6.07, 6.45) is 7.89. The summed E-state index contributed by atoms with van der Waals surface area (Å²) >= 11 is 0. The van der Waals surface area contributed by atoms with Gasteiger partial charge in [0.05, 0.1) is 24.9 Å². The Morgan fingerprint density at radius 1 is 1.13 bits per heavy atom. The lowest BCUT2D eigenvalue weighted by atomic mass is 10.0. The lowest BCUT2D eigenvalue weighted by Crippen LogP contribution is -2.40. The van der Waals surface area contributed by atoms with Crippen molar-refractivity contribution in [3.8, 4) is 5.75 Å². The molecule has 4 aromatic rings. The quantitative estimate of drug-likeness (QED) is 0.364. The van der Waals surface area contributed by atoms with Crippen LogP contribution in [0.1, 0.15) is 43.8 Å². The predicted molar refractivity (Wildman–Crippen MR) is 147 cm³/mol. The first-order chi connectivity index (χ1) is 18.4. The van der Waals surface area contributed by atoms with Crippen molar-refractivity contribution in [2.75, 3.05) is 25.1 Å². The molecule has 10 heteroatoms. The van der Waals surface area contributed by atoms with Crippen molar-refractivity contribution in [3.05, 3.63) is 62.2 Å². The number of aryl methyl sites for hydroxylation is 3. The van der Waals surface area contributed by atoms with Gasteiger partial charge in [0.25, 0.3) is 5.56 Å². The van der Waals surface area contributed by atoms with Crippen molar-refractivity contribution in [1.29, 1.82) is 0 Å². The Morgan fingerprint density at radius 3 is 2.74 bits per heavy atom. The smallest absolute Gasteiger partial charge is 0.332 e. The molecule has 1 fully saturated rings. The van der Waals surface area contributed by atoms with Gasteiger partial charge >= 0.3 is 5.69 Å². The van der Waals surface area contributed by atoms with Gasteiger partial charge in [-0.3, -0.25) is 13.9 Å². The number of fused-ring (bicyclic) bond motifs is 1. The molecule has 0 radical (unpaired) electrons. The van der Waals surface area contributed by atoms with E-state index in [1.54, 1.807) is 14.2 Å². The van der Waals surface area contributed by atoms with Gasteiger partial charge < -0.3 is 14.2 Å². The number of allylic oxidation sites excluding steroid dienone is 2. The second kappa shape index (κ2) is 9.41. The van der Waals surface area contributed by atoms with E-state index in [4.69, 9.17) is 19.7 Å². The molecule has 6 rings (SSSR count). The average molecular weight is 516 g/mol. The summed E-state index contributed by atoms with van der Waals surface area (Å²) < 4.78 is 10.1. The Kier molecular flexibility index (Phi) is 6.04. The molecular formula is C28H33N7O3. The highest BCUT2D eigenvalue weighted by molar-refractivity contribution is 5.88. The van der Waals surface area contributed by atoms with Crippen LogP contribution in [0, 0.1) is 5.92 Å². The minimum atomic E-state index is -0.428. The molecule has 2 aliphatic rings. The van der Waals surface area contributed by atoms with Crippen LogP contribution in [0.25, 0.3) is 22.1 Å². The molecule has 10 nitrogen and oxygen atoms in total. The van der Waals surface area contributed by atoms with Crippen LogP contribution in [0.4, 0.5) is 5.95 Å². The molecule has 0 saturated carbocycles. The molecular weight excluding hydrogens is 482 g/mol. The monoisotopic (exact) mass is 515 g/mol. The van der Waals surface area contributed by atoms with E-state index in [9.17, 15) is 9.59 Å². The van der Waals surface area contributed by atoms with Crippen molar-refractivity contribution in [1.82, 2.24) is 28.7 Å². The molecule has 0 bridgehead atoms. The van der Waals surface area contributed by atoms with Gasteiger partial charge in [0, 0.05) is 38.1 Å². The SMILES string of the molecule is C/C=C/Cn1c(N2CCC[C@@H](C)C2)nc2c1c(=O)n(Cc1nc3c4c(cc(OC)cc4n1)CC3)c(=O)n2C. The lowest BCUT2D eigenvalue weighted by molar-refractivity contribution is 0.415. The average Bonchev–Trinajstić information content (AvgIpc) is 3.51. The fraction of sp³-hybridized carbons (Fsp3) is 0.464. The predicted octanol–water partition coefficient (Wildman–Crippen LogP) is 2.81. The molecule has 1 aliphatic heterocycles. The number of hydrogen-bond donors (Lipinski definition) is 0. The largest absolute Gasteiger partial charge is 0.497 e. The second-order valence-corrected chi connectivity index (χ2v) is 10.5. The van der Waals surface area contributed by atoms with E-state index in [1.807, 2.05) is 35.8 Å². The van der Waals surface area contributed by atoms with Crippen molar-refractivity contribution in [2.45, 2.75) is 52.6 Å². The Labute approximate surface area is 220 Å². The molecule has 1 aromatic carbocycles. The van der Waals surface area contributed by atoms with E-state index in [2.05, 4.69) is 11.8 Å². The van der Waals surface area contributed by atoms with Crippen LogP contribution in [0.2, 0.25) is 0 Å². The van der Waals surface area contributed by atoms with Gasteiger partial charge in [0.1, 0.15) is 11.6 Å². The summed E-state index contributed by atoms with van der Waals surface area (Å²) in [5.74, 6) is 2.47. The van der Waals surface area contributed by atoms with Crippen LogP contribution in [-0.4, -0.2) is 48.9 Å². The molecule has 0 unspecified atom stereocenters. The Morgan fingerprint density at radius 2 is 1.97 bits per heavy atom. The molecule has 1 saturated heterocycles. The Bertz CT molecular complexity index is 1710. The molecule has 0 spiro atoms. The van der Waals surface area contributed by atoms with E-state index in [1.165, 1.54) is 21.1 Å². The molecule has 38 heavy (non-hydrogen) atoms. The molecule has 0 amide bonds. The zero-order valence-corrected chi connectivity index (χ0v) is 22.4. The molecule has 1 atom stereocenters. The normalized spacial score (nSPS) is 17.4. The number of aromatic nitrogens is 6. The highest BCUT2D eigenvalue weighted by Crippen LogP contribution is 2.32. The number of hydrogen-bond acceptors (Lipinski definition) is 7. The van der Waals surface area contributed by atoms with E-state index in [0.717, 1.165) is 60.6 Å². The second-order valence-electron chi connectivity index (χ2n) is 10.5. The molecule has 198 valence electrons. The first-order valence-electron chi connectivity index (χ1n) is 13.3. The van der Waals surface area contributed by atoms with Gasteiger partial charge in [-0.2, -0.15) is 4.98 Å². The van der Waals surface area contributed by atoms with Gasteiger partial charge in [0.15, 0.2) is 11.2 Å². The minimum Gasteiger partial charge on any atom is -0.497 e. The Hall–Kier alpha value is -3.95. The van der Waals surface area contributed by atoms with Crippen molar-refractivity contribution < 1.29 is 4.74 Å². The topological polar surface area (TPSA) is 100 Å². The first kappa shape index (κ1) is 24.4. The van der Waals surface area contributed by atoms with Crippen LogP contribution >= 0.6 is 0 Å². The number of ether oxygens (including phenoxy) is 1. The van der Waals surface area contributed by atoms with Crippen LogP contribution in [0.5, 0.6) is 5.75 Å². The maximum Gasteiger partial charge on any atom is 0.332 e. The Balaban J connectivity index is 1.50. The van der Waals surface area contributed by atoms with Crippen LogP contribution in [-0.2, 0) is 33.0 Å². The number of benzene rings is 1. The molecule has 4 heterocycles. The van der Waals surface area contributed by atoms with Crippen molar-refractivity contribution in [3.63, 3.8) is 0 Å². The van der Waals surface area contributed by atoms with Crippen LogP contribution in [0.15, 0.2) is 33.9 Å². The zero-order chi connectivity index (χ0) is 26.6. The van der Waals surface area contributed by atoms with E-state index in [0.29, 0.717) is 29.5 Å². The van der Waals surface area contributed by atoms with Gasteiger partial charge in [-0.05, 0) is 50.2 Å². The van der Waals surface area contributed by atoms with Gasteiger partial charge in [-0.25, -0.2) is 14.8 Å². The summed E-state index contributed by atoms with van der Waals surface area (Å²) in [5, 5.41) is 1.05. The van der Waals surface area contributed by atoms with E-state index >= 15 is 0 Å². The van der Waals surface area contributed by atoms with Crippen molar-refractivity contribution in [2.24, 2.45) is 13.0 Å². The summed E-state index contributed by atoms with van der Waals surface area (Å²) in [5.41, 5.74) is 2.93. The number of methoxy groups -OCH3 is 1. The molecule has 0 N–H and O–H groups in total. The van der Waals surface area contributed by atoms with Crippen LogP contribution < -0.4 is 20.9 Å². The summed E-state index contributed by atoms with van der Waals surface area (Å²) in [7, 11) is 3.31. The summed E-state index contributed by atoms with van der Waals surface area (Å²) in [4.78, 5) is 44.0. The van der Waals surface area contributed by atoms with Gasteiger partial charge in [-0.15, -0.1) is 0 Å². The maximum absolute atomic E-state index is 13.9. The summed E-state index contributed by atoms with van der Waals surface area (Å²) in [6, 6.07) is 3.92. The van der Waals surface area contributed by atoms with Gasteiger partial charge in [-0.1, -0.05) is 19.1 Å². The number of nitrogens with zero attached hydrogens (tertiary/aromatic N) is 7. The third-order valence-corrected chi connectivity index (χ3v) is 7.82. The molecule has 3 aromatic heterocycles. The third-order valence-electron chi connectivity index (χ3n) is 7.82. The number of anilines is 1. The standard InChI is InChI=1S/C28H33N7O3/c1-5-6-12-34-24-25(31-27(34)33-11-7-8-17(2)15-33)32(3)28(37)35(26(24)36)16-22-29-20-10-9-18-13-19(38-4)14-21(30-22)23(18)20/h5-6,13-14,17H,7-12,15-16H2,1-4H3/b6-5+/t17-/m1/s1. The number of rotatable bonds is 6. The maximum atomic E-state index is 13.9. The fourth-order valence-electron chi connectivity index (χ4n) is 5.91. The minimum absolute atomic E-state index is 0.0121. The number of piperidine rings is 1. The van der Waals surface area contributed by atoms with Gasteiger partial charge in [0.2, 0.25) is 5.95 Å². The van der Waals surface area contributed by atoms with E-state index in [-0.39, 0.29) is 12.1 Å². The highest BCUT2D eigenvalue weighted by Gasteiger charge is 2.26. The third kappa shape index (κ3) is 3.90. The van der Waals surface area contributed by atoms with E-state index < -0.39 is 5.69 Å². The lowest BCUT2D eigenvalue weighted by Gasteiger charge is -2.31. The van der Waals surface area contributed by atoms with Crippen LogP contribution in [0.3, 0.4) is 0 Å². The molecule has 1 aliphatic carbocycles. The fourth-order valence-corrected chi connectivity index (χ4v) is 5.91.